The summed E-state index contributed by atoms with van der Waals surface area (Å²) in [5.74, 6) is 0.948. The highest BCUT2D eigenvalue weighted by atomic mass is 35.5. The molecule has 0 atom stereocenters. The van der Waals surface area contributed by atoms with Crippen LogP contribution in [0.2, 0.25) is 0 Å². The standard InChI is InChI=1S/C16H26N2O2.2ClH/c1-2-20-16-6-4-15(5-7-16)14-17-8-3-9-18-10-12-19-13-11-18;;/h4-7,17H,2-3,8-14H2,1H3;2*1H/p-2. The van der Waals surface area contributed by atoms with E-state index in [2.05, 4.69) is 22.3 Å². The van der Waals surface area contributed by atoms with Gasteiger partial charge in [0.05, 0.1) is 19.8 Å². The second-order valence-corrected chi connectivity index (χ2v) is 5.06. The van der Waals surface area contributed by atoms with Crippen molar-refractivity contribution in [3.8, 4) is 5.75 Å². The van der Waals surface area contributed by atoms with Gasteiger partial charge in [-0.05, 0) is 44.1 Å². The lowest BCUT2D eigenvalue weighted by Crippen LogP contribution is -3.00. The van der Waals surface area contributed by atoms with E-state index in [1.807, 2.05) is 19.1 Å². The smallest absolute Gasteiger partial charge is 0.119 e. The van der Waals surface area contributed by atoms with Gasteiger partial charge in [-0.1, -0.05) is 12.1 Å². The molecule has 1 N–H and O–H groups in total. The molecule has 0 spiro atoms. The quantitative estimate of drug-likeness (QED) is 0.484. The molecule has 2 rings (SSSR count). The Morgan fingerprint density at radius 3 is 2.45 bits per heavy atom. The Bertz CT molecular complexity index is 371. The maximum atomic E-state index is 5.43. The Kier molecular flexibility index (Phi) is 12.7. The Hall–Kier alpha value is -0.520. The average molecular weight is 349 g/mol. The third-order valence-corrected chi connectivity index (χ3v) is 3.50. The molecule has 1 aliphatic rings. The molecule has 0 bridgehead atoms. The van der Waals surface area contributed by atoms with Crippen molar-refractivity contribution in [3.05, 3.63) is 29.8 Å². The van der Waals surface area contributed by atoms with Crippen LogP contribution in [0.3, 0.4) is 0 Å². The van der Waals surface area contributed by atoms with E-state index in [1.165, 1.54) is 18.5 Å². The van der Waals surface area contributed by atoms with Crippen molar-refractivity contribution in [2.75, 3.05) is 46.0 Å². The van der Waals surface area contributed by atoms with Crippen molar-refractivity contribution < 1.29 is 34.3 Å². The molecule has 6 heteroatoms. The molecule has 1 aliphatic heterocycles. The van der Waals surface area contributed by atoms with Gasteiger partial charge in [0.25, 0.3) is 0 Å². The number of hydrogen-bond acceptors (Lipinski definition) is 4. The summed E-state index contributed by atoms with van der Waals surface area (Å²) in [7, 11) is 0. The molecule has 1 saturated heterocycles. The molecule has 0 saturated carbocycles. The van der Waals surface area contributed by atoms with Crippen LogP contribution >= 0.6 is 0 Å². The molecule has 1 aromatic rings. The first kappa shape index (κ1) is 21.5. The fourth-order valence-electron chi connectivity index (χ4n) is 2.36. The number of nitrogens with one attached hydrogen (secondary N) is 1. The van der Waals surface area contributed by atoms with Crippen molar-refractivity contribution in [2.45, 2.75) is 19.9 Å². The molecule has 128 valence electrons. The third-order valence-electron chi connectivity index (χ3n) is 3.50. The van der Waals surface area contributed by atoms with E-state index in [-0.39, 0.29) is 24.8 Å². The van der Waals surface area contributed by atoms with Crippen LogP contribution in [0.1, 0.15) is 18.9 Å². The van der Waals surface area contributed by atoms with E-state index >= 15 is 0 Å². The highest BCUT2D eigenvalue weighted by Gasteiger charge is 2.08. The minimum Gasteiger partial charge on any atom is -1.00 e. The SMILES string of the molecule is CCOc1ccc(CNCCCN2CCOCC2)cc1.[Cl-].[Cl-]. The molecule has 1 heterocycles. The van der Waals surface area contributed by atoms with Gasteiger partial charge < -0.3 is 39.6 Å². The summed E-state index contributed by atoms with van der Waals surface area (Å²) in [6, 6.07) is 8.32. The van der Waals surface area contributed by atoms with Crippen molar-refractivity contribution >= 4 is 0 Å². The van der Waals surface area contributed by atoms with Crippen LogP contribution in [0.5, 0.6) is 5.75 Å². The van der Waals surface area contributed by atoms with E-state index in [9.17, 15) is 0 Å². The van der Waals surface area contributed by atoms with Crippen LogP contribution in [-0.4, -0.2) is 50.9 Å². The molecule has 0 amide bonds. The van der Waals surface area contributed by atoms with E-state index in [0.717, 1.165) is 51.7 Å². The molecule has 0 unspecified atom stereocenters. The first-order valence-corrected chi connectivity index (χ1v) is 7.61. The van der Waals surface area contributed by atoms with Gasteiger partial charge in [-0.3, -0.25) is 4.90 Å². The molecule has 22 heavy (non-hydrogen) atoms. The van der Waals surface area contributed by atoms with Crippen LogP contribution in [-0.2, 0) is 11.3 Å². The monoisotopic (exact) mass is 348 g/mol. The van der Waals surface area contributed by atoms with E-state index in [4.69, 9.17) is 9.47 Å². The van der Waals surface area contributed by atoms with Gasteiger partial charge in [-0.25, -0.2) is 0 Å². The highest BCUT2D eigenvalue weighted by Crippen LogP contribution is 2.11. The number of benzene rings is 1. The average Bonchev–Trinajstić information content (AvgIpc) is 2.50. The lowest BCUT2D eigenvalue weighted by atomic mass is 10.2. The summed E-state index contributed by atoms with van der Waals surface area (Å²) in [4.78, 5) is 2.47. The summed E-state index contributed by atoms with van der Waals surface area (Å²) in [6.45, 7) is 9.82. The van der Waals surface area contributed by atoms with Gasteiger partial charge in [-0.15, -0.1) is 0 Å². The van der Waals surface area contributed by atoms with Gasteiger partial charge in [0.15, 0.2) is 0 Å². The molecule has 1 aromatic carbocycles. The predicted octanol–water partition coefficient (Wildman–Crippen LogP) is -4.09. The Morgan fingerprint density at radius 1 is 1.14 bits per heavy atom. The zero-order valence-corrected chi connectivity index (χ0v) is 14.7. The Balaban J connectivity index is 0.00000220. The van der Waals surface area contributed by atoms with E-state index in [0.29, 0.717) is 0 Å². The largest absolute Gasteiger partial charge is 1.00 e. The molecular weight excluding hydrogens is 323 g/mol. The normalized spacial score (nSPS) is 14.8. The van der Waals surface area contributed by atoms with Gasteiger partial charge in [-0.2, -0.15) is 0 Å². The summed E-state index contributed by atoms with van der Waals surface area (Å²) in [5.41, 5.74) is 1.31. The first-order valence-electron chi connectivity index (χ1n) is 7.61. The number of morpholine rings is 1. The lowest BCUT2D eigenvalue weighted by Gasteiger charge is -2.26. The Labute approximate surface area is 146 Å². The van der Waals surface area contributed by atoms with E-state index < -0.39 is 0 Å². The lowest BCUT2D eigenvalue weighted by molar-refractivity contribution is -0.00100. The van der Waals surface area contributed by atoms with Gasteiger partial charge in [0.2, 0.25) is 0 Å². The van der Waals surface area contributed by atoms with Gasteiger partial charge >= 0.3 is 0 Å². The number of hydrogen-bond donors (Lipinski definition) is 1. The second kappa shape index (κ2) is 13.0. The molecule has 0 aliphatic carbocycles. The van der Waals surface area contributed by atoms with Crippen molar-refractivity contribution in [1.82, 2.24) is 10.2 Å². The summed E-state index contributed by atoms with van der Waals surface area (Å²) in [5, 5.41) is 3.49. The fraction of sp³-hybridized carbons (Fsp3) is 0.625. The van der Waals surface area contributed by atoms with Crippen LogP contribution in [0, 0.1) is 0 Å². The molecule has 4 nitrogen and oxygen atoms in total. The van der Waals surface area contributed by atoms with Crippen LogP contribution in [0.4, 0.5) is 0 Å². The number of rotatable bonds is 8. The Morgan fingerprint density at radius 2 is 1.82 bits per heavy atom. The van der Waals surface area contributed by atoms with Gasteiger partial charge in [0, 0.05) is 19.6 Å². The molecule has 1 fully saturated rings. The topological polar surface area (TPSA) is 33.7 Å². The van der Waals surface area contributed by atoms with Crippen molar-refractivity contribution in [1.29, 1.82) is 0 Å². The third kappa shape index (κ3) is 8.20. The van der Waals surface area contributed by atoms with Crippen LogP contribution in [0.15, 0.2) is 24.3 Å². The minimum atomic E-state index is 0. The zero-order valence-electron chi connectivity index (χ0n) is 13.2. The van der Waals surface area contributed by atoms with Crippen molar-refractivity contribution in [2.24, 2.45) is 0 Å². The summed E-state index contributed by atoms with van der Waals surface area (Å²) in [6.07, 6.45) is 1.19. The predicted molar refractivity (Wildman–Crippen MR) is 81.2 cm³/mol. The second-order valence-electron chi connectivity index (χ2n) is 5.06. The first-order chi connectivity index (χ1) is 9.88. The summed E-state index contributed by atoms with van der Waals surface area (Å²) < 4.78 is 10.8. The zero-order chi connectivity index (χ0) is 14.0. The van der Waals surface area contributed by atoms with Gasteiger partial charge in [0.1, 0.15) is 5.75 Å². The maximum absolute atomic E-state index is 5.43. The van der Waals surface area contributed by atoms with Crippen LogP contribution < -0.4 is 34.9 Å². The fourth-order valence-corrected chi connectivity index (χ4v) is 2.36. The highest BCUT2D eigenvalue weighted by molar-refractivity contribution is 5.27. The maximum Gasteiger partial charge on any atom is 0.119 e. The number of halogens is 2. The van der Waals surface area contributed by atoms with Crippen LogP contribution in [0.25, 0.3) is 0 Å². The number of nitrogens with zero attached hydrogens (tertiary/aromatic N) is 1. The molecule has 0 radical (unpaired) electrons. The van der Waals surface area contributed by atoms with Crippen molar-refractivity contribution in [3.63, 3.8) is 0 Å². The minimum absolute atomic E-state index is 0. The van der Waals surface area contributed by atoms with E-state index in [1.54, 1.807) is 0 Å². The number of ether oxygens (including phenoxy) is 2. The molecule has 0 aromatic heterocycles. The molecular formula is C16H26Cl2N2O2-2. The summed E-state index contributed by atoms with van der Waals surface area (Å²) >= 11 is 0.